The minimum Gasteiger partial charge on any atom is -0.462 e. The molecule has 0 N–H and O–H groups in total. The Balaban J connectivity index is 2.14. The summed E-state index contributed by atoms with van der Waals surface area (Å²) in [4.78, 5) is 18.9. The largest absolute Gasteiger partial charge is 0.462 e. The lowest BCUT2D eigenvalue weighted by molar-refractivity contribution is -0.00527. The van der Waals surface area contributed by atoms with Gasteiger partial charge < -0.3 is 14.4 Å². The van der Waals surface area contributed by atoms with Crippen LogP contribution in [0.4, 0.5) is 5.69 Å². The Morgan fingerprint density at radius 1 is 1.35 bits per heavy atom. The number of fused-ring (bicyclic) bond motifs is 1. The summed E-state index contributed by atoms with van der Waals surface area (Å²) in [6.07, 6.45) is 3.52. The fraction of sp³-hybridized carbons (Fsp3) is 0.562. The van der Waals surface area contributed by atoms with Gasteiger partial charge in [-0.15, -0.1) is 0 Å². The fourth-order valence-corrected chi connectivity index (χ4v) is 3.14. The smallest absolute Gasteiger partial charge is 0.341 e. The van der Waals surface area contributed by atoms with Crippen LogP contribution in [-0.2, 0) is 16.5 Å². The molecule has 0 saturated carbocycles. The van der Waals surface area contributed by atoms with Gasteiger partial charge in [0.15, 0.2) is 5.65 Å². The summed E-state index contributed by atoms with van der Waals surface area (Å²) in [6.45, 7) is 7.63. The van der Waals surface area contributed by atoms with Gasteiger partial charge in [-0.25, -0.2) is 9.78 Å². The highest BCUT2D eigenvalue weighted by molar-refractivity contribution is 6.04. The van der Waals surface area contributed by atoms with Crippen LogP contribution in [0.25, 0.3) is 11.0 Å². The second-order valence-corrected chi connectivity index (χ2v) is 5.91. The van der Waals surface area contributed by atoms with Gasteiger partial charge in [0.05, 0.1) is 36.1 Å². The topological polar surface area (TPSA) is 69.5 Å². The molecule has 7 heteroatoms. The molecule has 3 rings (SSSR count). The van der Waals surface area contributed by atoms with Crippen molar-refractivity contribution in [3.63, 3.8) is 0 Å². The maximum Gasteiger partial charge on any atom is 0.341 e. The van der Waals surface area contributed by atoms with Crippen molar-refractivity contribution in [3.8, 4) is 0 Å². The van der Waals surface area contributed by atoms with Gasteiger partial charge in [0.1, 0.15) is 5.56 Å². The summed E-state index contributed by atoms with van der Waals surface area (Å²) in [5.74, 6) is -0.354. The van der Waals surface area contributed by atoms with Crippen LogP contribution in [0.1, 0.15) is 31.1 Å². The first-order chi connectivity index (χ1) is 11.0. The molecule has 0 aromatic carbocycles. The van der Waals surface area contributed by atoms with Crippen LogP contribution in [0.5, 0.6) is 0 Å². The summed E-state index contributed by atoms with van der Waals surface area (Å²) in [6, 6.07) is 0. The molecule has 0 radical (unpaired) electrons. The minimum absolute atomic E-state index is 0.0914. The Morgan fingerprint density at radius 2 is 2.04 bits per heavy atom. The molecule has 0 amide bonds. The molecule has 124 valence electrons. The molecule has 1 saturated heterocycles. The third-order valence-electron chi connectivity index (χ3n) is 3.96. The zero-order valence-electron chi connectivity index (χ0n) is 13.9. The highest BCUT2D eigenvalue weighted by Gasteiger charge is 2.28. The Kier molecular flexibility index (Phi) is 4.21. The van der Waals surface area contributed by atoms with Crippen molar-refractivity contribution in [2.24, 2.45) is 7.05 Å². The molecule has 2 atom stereocenters. The normalized spacial score (nSPS) is 21.7. The standard InChI is InChI=1S/C16H22N4O3/c1-5-22-16(21)13-6-17-15-12(7-18-19(15)4)14(13)20-8-10(2)23-11(3)9-20/h6-7,10-11H,5,8-9H2,1-4H3/t10-,11+. The van der Waals surface area contributed by atoms with E-state index >= 15 is 0 Å². The van der Waals surface area contributed by atoms with Gasteiger partial charge in [-0.3, -0.25) is 4.68 Å². The van der Waals surface area contributed by atoms with Crippen LogP contribution in [0.15, 0.2) is 12.4 Å². The van der Waals surface area contributed by atoms with Gasteiger partial charge in [0.2, 0.25) is 0 Å². The SMILES string of the molecule is CCOC(=O)c1cnc2c(cnn2C)c1N1C[C@@H](C)O[C@@H](C)C1. The second kappa shape index (κ2) is 6.16. The first kappa shape index (κ1) is 15.7. The zero-order chi connectivity index (χ0) is 16.6. The molecule has 0 aliphatic carbocycles. The quantitative estimate of drug-likeness (QED) is 0.803. The molecule has 0 spiro atoms. The molecule has 1 aliphatic heterocycles. The third-order valence-corrected chi connectivity index (χ3v) is 3.96. The Hall–Kier alpha value is -2.15. The molecule has 1 aliphatic rings. The van der Waals surface area contributed by atoms with Crippen LogP contribution in [0.2, 0.25) is 0 Å². The van der Waals surface area contributed by atoms with Gasteiger partial charge in [0, 0.05) is 26.3 Å². The number of morpholine rings is 1. The molecular formula is C16H22N4O3. The first-order valence-corrected chi connectivity index (χ1v) is 7.89. The van der Waals surface area contributed by atoms with Gasteiger partial charge >= 0.3 is 5.97 Å². The maximum absolute atomic E-state index is 12.4. The molecule has 0 bridgehead atoms. The molecule has 1 fully saturated rings. The maximum atomic E-state index is 12.4. The predicted octanol–water partition coefficient (Wildman–Crippen LogP) is 1.76. The number of hydrogen-bond donors (Lipinski definition) is 0. The van der Waals surface area contributed by atoms with Gasteiger partial charge in [-0.1, -0.05) is 0 Å². The third kappa shape index (κ3) is 2.88. The first-order valence-electron chi connectivity index (χ1n) is 7.89. The highest BCUT2D eigenvalue weighted by Crippen LogP contribution is 2.32. The summed E-state index contributed by atoms with van der Waals surface area (Å²) in [5, 5.41) is 5.14. The molecular weight excluding hydrogens is 296 g/mol. The van der Waals surface area contributed by atoms with E-state index in [4.69, 9.17) is 9.47 Å². The molecule has 2 aromatic heterocycles. The second-order valence-electron chi connectivity index (χ2n) is 5.91. The number of carbonyl (C=O) groups is 1. The van der Waals surface area contributed by atoms with Crippen molar-refractivity contribution in [1.82, 2.24) is 14.8 Å². The number of aromatic nitrogens is 3. The van der Waals surface area contributed by atoms with Crippen molar-refractivity contribution in [3.05, 3.63) is 18.0 Å². The van der Waals surface area contributed by atoms with Crippen molar-refractivity contribution in [1.29, 1.82) is 0 Å². The molecule has 23 heavy (non-hydrogen) atoms. The molecule has 0 unspecified atom stereocenters. The summed E-state index contributed by atoms with van der Waals surface area (Å²) in [5.41, 5.74) is 2.07. The van der Waals surface area contributed by atoms with Crippen molar-refractivity contribution in [2.45, 2.75) is 33.0 Å². The number of carbonyl (C=O) groups excluding carboxylic acids is 1. The van der Waals surface area contributed by atoms with Gasteiger partial charge in [0.25, 0.3) is 0 Å². The van der Waals surface area contributed by atoms with E-state index in [-0.39, 0.29) is 18.2 Å². The van der Waals surface area contributed by atoms with E-state index in [1.807, 2.05) is 20.9 Å². The van der Waals surface area contributed by atoms with Crippen molar-refractivity contribution >= 4 is 22.7 Å². The average Bonchev–Trinajstić information content (AvgIpc) is 2.87. The number of hydrogen-bond acceptors (Lipinski definition) is 6. The predicted molar refractivity (Wildman–Crippen MR) is 86.7 cm³/mol. The minimum atomic E-state index is -0.354. The monoisotopic (exact) mass is 318 g/mol. The Morgan fingerprint density at radius 3 is 2.70 bits per heavy atom. The number of anilines is 1. The van der Waals surface area contributed by atoms with E-state index in [1.165, 1.54) is 0 Å². The summed E-state index contributed by atoms with van der Waals surface area (Å²) < 4.78 is 12.7. The van der Waals surface area contributed by atoms with Crippen LogP contribution in [0, 0.1) is 0 Å². The molecule has 7 nitrogen and oxygen atoms in total. The Bertz CT molecular complexity index is 717. The van der Waals surface area contributed by atoms with Crippen molar-refractivity contribution < 1.29 is 14.3 Å². The van der Waals surface area contributed by atoms with E-state index in [9.17, 15) is 4.79 Å². The van der Waals surface area contributed by atoms with E-state index in [0.717, 1.165) is 16.7 Å². The highest BCUT2D eigenvalue weighted by atomic mass is 16.5. The van der Waals surface area contributed by atoms with E-state index in [1.54, 1.807) is 24.0 Å². The molecule has 3 heterocycles. The zero-order valence-corrected chi connectivity index (χ0v) is 13.9. The fourth-order valence-electron chi connectivity index (χ4n) is 3.14. The van der Waals surface area contributed by atoms with Gasteiger partial charge in [-0.2, -0.15) is 5.10 Å². The van der Waals surface area contributed by atoms with E-state index in [2.05, 4.69) is 15.0 Å². The van der Waals surface area contributed by atoms with Crippen LogP contribution in [0.3, 0.4) is 0 Å². The number of aryl methyl sites for hydroxylation is 1. The number of pyridine rings is 1. The lowest BCUT2D eigenvalue weighted by atomic mass is 10.1. The lowest BCUT2D eigenvalue weighted by Gasteiger charge is -2.37. The van der Waals surface area contributed by atoms with Crippen LogP contribution >= 0.6 is 0 Å². The lowest BCUT2D eigenvalue weighted by Crippen LogP contribution is -2.46. The molecule has 2 aromatic rings. The number of esters is 1. The average molecular weight is 318 g/mol. The number of nitrogens with zero attached hydrogens (tertiary/aromatic N) is 4. The Labute approximate surface area is 135 Å². The number of ether oxygens (including phenoxy) is 2. The number of rotatable bonds is 3. The van der Waals surface area contributed by atoms with E-state index in [0.29, 0.717) is 25.3 Å². The summed E-state index contributed by atoms with van der Waals surface area (Å²) in [7, 11) is 1.84. The van der Waals surface area contributed by atoms with Crippen LogP contribution in [-0.4, -0.2) is 52.6 Å². The van der Waals surface area contributed by atoms with E-state index < -0.39 is 0 Å². The van der Waals surface area contributed by atoms with Gasteiger partial charge in [-0.05, 0) is 20.8 Å². The van der Waals surface area contributed by atoms with Crippen LogP contribution < -0.4 is 4.90 Å². The summed E-state index contributed by atoms with van der Waals surface area (Å²) >= 11 is 0. The van der Waals surface area contributed by atoms with Crippen molar-refractivity contribution in [2.75, 3.05) is 24.6 Å².